The molecule has 1 aliphatic rings. The fraction of sp³-hybridized carbons (Fsp3) is 0.931. The highest BCUT2D eigenvalue weighted by Gasteiger charge is 1.97. The van der Waals surface area contributed by atoms with E-state index >= 15 is 0 Å². The van der Waals surface area contributed by atoms with Crippen LogP contribution >= 0.6 is 0 Å². The Labute approximate surface area is 257 Å². The molecule has 0 atom stereocenters. The average molecular weight is 598 g/mol. The molecule has 0 unspecified atom stereocenters. The molecule has 0 bridgehead atoms. The Kier molecular flexibility index (Phi) is 33.4. The first-order valence-corrected chi connectivity index (χ1v) is 17.2. The Morgan fingerprint density at radius 2 is 0.548 bits per heavy atom. The van der Waals surface area contributed by atoms with Crippen molar-refractivity contribution < 1.29 is 0 Å². The fourth-order valence-corrected chi connectivity index (χ4v) is 5.05. The van der Waals surface area contributed by atoms with Crippen molar-refractivity contribution in [1.29, 1.82) is 0 Å². The summed E-state index contributed by atoms with van der Waals surface area (Å²) in [6.45, 7) is 0.916. The highest BCUT2D eigenvalue weighted by molar-refractivity contribution is 4.95. The molecule has 0 amide bonds. The Hall–Kier alpha value is -1.12. The van der Waals surface area contributed by atoms with Gasteiger partial charge in [0.15, 0.2) is 0 Å². The van der Waals surface area contributed by atoms with E-state index in [1.807, 2.05) is 0 Å². The summed E-state index contributed by atoms with van der Waals surface area (Å²) in [6, 6.07) is 2.87. The van der Waals surface area contributed by atoms with Crippen LogP contribution in [0.1, 0.15) is 167 Å². The maximum atomic E-state index is 3.12. The smallest absolute Gasteiger partial charge is 0.0213 e. The molecule has 1 heterocycles. The van der Waals surface area contributed by atoms with E-state index < -0.39 is 0 Å². The maximum absolute atomic E-state index is 3.12. The van der Waals surface area contributed by atoms with Gasteiger partial charge in [0.05, 0.1) is 0 Å². The van der Waals surface area contributed by atoms with Gasteiger partial charge in [0.25, 0.3) is 0 Å². The Morgan fingerprint density at radius 1 is 0.262 bits per heavy atom. The van der Waals surface area contributed by atoms with E-state index in [9.17, 15) is 0 Å². The zero-order valence-electron chi connectivity index (χ0n) is 26.6. The topological polar surface area (TPSA) is 156 Å². The van der Waals surface area contributed by atoms with Gasteiger partial charge in [-0.1, -0.05) is 154 Å². The summed E-state index contributed by atoms with van der Waals surface area (Å²) in [4.78, 5) is 0. The summed E-state index contributed by atoms with van der Waals surface area (Å²) in [5, 5.41) is 0. The molecule has 0 radical (unpaired) electrons. The predicted molar refractivity (Wildman–Crippen MR) is 173 cm³/mol. The van der Waals surface area contributed by atoms with Crippen molar-refractivity contribution in [3.63, 3.8) is 0 Å². The standard InChI is InChI=1S/C29H67N13/c1-2-4-6-8-10-12-14-16-18-20-22-24-26-28-30-32-34-36-38-40-42-41-39-37-35-33-31-29-27-25-23-21-19-17-15-13-11-9-7-5-3-1/h30-42H,1-26,28H2. The molecule has 13 nitrogen and oxygen atoms in total. The van der Waals surface area contributed by atoms with Gasteiger partial charge in [-0.25, -0.2) is 5.43 Å². The molecule has 248 valence electrons. The van der Waals surface area contributed by atoms with Crippen LogP contribution in [0.15, 0.2) is 0 Å². The molecule has 42 heavy (non-hydrogen) atoms. The molecular weight excluding hydrogens is 530 g/mol. The largest absolute Gasteiger partial charge is 0.266 e. The lowest BCUT2D eigenvalue weighted by Crippen LogP contribution is -2.67. The molecule has 0 spiro atoms. The van der Waals surface area contributed by atoms with Crippen LogP contribution < -0.4 is 71.7 Å². The number of hydrazine groups is 12. The zero-order valence-corrected chi connectivity index (χ0v) is 26.6. The third-order valence-corrected chi connectivity index (χ3v) is 7.53. The lowest BCUT2D eigenvalue weighted by atomic mass is 10.0. The van der Waals surface area contributed by atoms with Crippen molar-refractivity contribution in [1.82, 2.24) is 71.7 Å². The van der Waals surface area contributed by atoms with Crippen LogP contribution in [0, 0.1) is 12.0 Å². The van der Waals surface area contributed by atoms with Gasteiger partial charge in [-0.3, -0.25) is 5.43 Å². The predicted octanol–water partition coefficient (Wildman–Crippen LogP) is 3.75. The molecule has 1 rings (SSSR count). The second-order valence-corrected chi connectivity index (χ2v) is 11.3. The summed E-state index contributed by atoms with van der Waals surface area (Å²) < 4.78 is 0. The van der Waals surface area contributed by atoms with E-state index in [0.717, 1.165) is 25.8 Å². The monoisotopic (exact) mass is 598 g/mol. The van der Waals surface area contributed by atoms with E-state index in [0.29, 0.717) is 0 Å². The second kappa shape index (κ2) is 36.1. The lowest BCUT2D eigenvalue weighted by molar-refractivity contribution is 0.215. The molecule has 0 saturated carbocycles. The summed E-state index contributed by atoms with van der Waals surface area (Å²) in [6.07, 6.45) is 35.5. The van der Waals surface area contributed by atoms with Crippen molar-refractivity contribution >= 4 is 0 Å². The van der Waals surface area contributed by atoms with Crippen molar-refractivity contribution in [2.75, 3.05) is 6.54 Å². The van der Waals surface area contributed by atoms with Gasteiger partial charge < -0.3 is 0 Å². The van der Waals surface area contributed by atoms with E-state index in [-0.39, 0.29) is 0 Å². The molecule has 0 fully saturated rings. The number of hydrogen-bond acceptors (Lipinski definition) is 13. The minimum Gasteiger partial charge on any atom is -0.266 e. The molecule has 1 aliphatic heterocycles. The maximum Gasteiger partial charge on any atom is 0.0213 e. The molecule has 13 heteroatoms. The first-order chi connectivity index (χ1) is 21.0. The van der Waals surface area contributed by atoms with Gasteiger partial charge in [-0.2, -0.15) is 55.3 Å². The van der Waals surface area contributed by atoms with Gasteiger partial charge >= 0.3 is 0 Å². The van der Waals surface area contributed by atoms with E-state index in [2.05, 4.69) is 83.7 Å². The minimum absolute atomic E-state index is 0.916. The lowest BCUT2D eigenvalue weighted by Gasteiger charge is -2.14. The molecular formula is C29H67N13. The van der Waals surface area contributed by atoms with E-state index in [1.54, 1.807) is 0 Å². The quantitative estimate of drug-likeness (QED) is 0.183. The van der Waals surface area contributed by atoms with Crippen molar-refractivity contribution in [2.24, 2.45) is 0 Å². The van der Waals surface area contributed by atoms with Crippen molar-refractivity contribution in [2.45, 2.75) is 167 Å². The third kappa shape index (κ3) is 33.4. The highest BCUT2D eigenvalue weighted by atomic mass is 16.0. The number of rotatable bonds is 0. The summed E-state index contributed by atoms with van der Waals surface area (Å²) in [5.74, 6) is 3.12. The summed E-state index contributed by atoms with van der Waals surface area (Å²) >= 11 is 0. The molecule has 0 aromatic heterocycles. The van der Waals surface area contributed by atoms with Gasteiger partial charge in [-0.15, -0.1) is 5.53 Å². The Balaban J connectivity index is 2.03. The molecule has 0 aromatic rings. The molecule has 0 saturated heterocycles. The van der Waals surface area contributed by atoms with E-state index in [1.165, 1.54) is 148 Å². The fourth-order valence-electron chi connectivity index (χ4n) is 5.05. The van der Waals surface area contributed by atoms with Crippen LogP contribution in [-0.4, -0.2) is 6.54 Å². The van der Waals surface area contributed by atoms with Crippen LogP contribution in [0.2, 0.25) is 0 Å². The average Bonchev–Trinajstić information content (AvgIpc) is 3.00. The zero-order chi connectivity index (χ0) is 29.7. The van der Waals surface area contributed by atoms with Crippen LogP contribution in [0.25, 0.3) is 0 Å². The van der Waals surface area contributed by atoms with E-state index in [4.69, 9.17) is 0 Å². The highest BCUT2D eigenvalue weighted by Crippen LogP contribution is 2.15. The second-order valence-electron chi connectivity index (χ2n) is 11.3. The van der Waals surface area contributed by atoms with Crippen LogP contribution in [-0.2, 0) is 0 Å². The Morgan fingerprint density at radius 3 is 0.929 bits per heavy atom. The number of hydrogen-bond donors (Lipinski definition) is 13. The van der Waals surface area contributed by atoms with Crippen LogP contribution in [0.5, 0.6) is 0 Å². The summed E-state index contributed by atoms with van der Waals surface area (Å²) in [5.41, 5.74) is 35.6. The Bertz CT molecular complexity index is 527. The van der Waals surface area contributed by atoms with Gasteiger partial charge in [0.1, 0.15) is 0 Å². The first kappa shape index (κ1) is 38.9. The molecule has 0 aliphatic carbocycles. The SMILES string of the molecule is C1#CNNNNNNNNNNNNNCCCCCCCCCCCCCCCCCCCCCCCCCCC1. The van der Waals surface area contributed by atoms with Gasteiger partial charge in [0.2, 0.25) is 0 Å². The number of nitrogens with one attached hydrogen (secondary N) is 13. The van der Waals surface area contributed by atoms with Crippen LogP contribution in [0.3, 0.4) is 0 Å². The minimum atomic E-state index is 0.916. The van der Waals surface area contributed by atoms with Crippen molar-refractivity contribution in [3.8, 4) is 12.0 Å². The normalized spacial score (nSPS) is 23.0. The third-order valence-electron chi connectivity index (χ3n) is 7.53. The molecule has 13 N–H and O–H groups in total. The first-order valence-electron chi connectivity index (χ1n) is 17.2. The van der Waals surface area contributed by atoms with Gasteiger partial charge in [-0.05, 0) is 12.8 Å². The van der Waals surface area contributed by atoms with Crippen molar-refractivity contribution in [3.05, 3.63) is 0 Å². The van der Waals surface area contributed by atoms with Gasteiger partial charge in [0, 0.05) is 19.0 Å². The van der Waals surface area contributed by atoms with Crippen LogP contribution in [0.4, 0.5) is 0 Å². The molecule has 0 aromatic carbocycles. The summed E-state index contributed by atoms with van der Waals surface area (Å²) in [7, 11) is 0.